The first-order chi connectivity index (χ1) is 20.2. The molecule has 11 heteroatoms. The van der Waals surface area contributed by atoms with Gasteiger partial charge in [-0.1, -0.05) is 0 Å². The molecule has 2 aromatic rings. The Hall–Kier alpha value is -4.19. The lowest BCUT2D eigenvalue weighted by molar-refractivity contribution is -0.750. The summed E-state index contributed by atoms with van der Waals surface area (Å²) in [5.41, 5.74) is 2.44. The van der Waals surface area contributed by atoms with Gasteiger partial charge in [0.1, 0.15) is 23.5 Å². The summed E-state index contributed by atoms with van der Waals surface area (Å²) >= 11 is 0. The number of amides is 2. The molecule has 4 aliphatic rings. The number of fused-ring (bicyclic) bond motifs is 1. The van der Waals surface area contributed by atoms with Crippen LogP contribution in [0.4, 0.5) is 5.82 Å². The predicted molar refractivity (Wildman–Crippen MR) is 158 cm³/mol. The number of carbonyl (C=O) groups is 2. The van der Waals surface area contributed by atoms with Crippen LogP contribution in [0.1, 0.15) is 49.5 Å². The Balaban J connectivity index is 1.24. The molecule has 42 heavy (non-hydrogen) atoms. The number of nitrogens with zero attached hydrogens (tertiary/aromatic N) is 5. The molecule has 0 saturated carbocycles. The minimum absolute atomic E-state index is 0.0197. The SMILES string of the molecule is CCOc1ccnc(NC(=O)c2ccc(C3=NC([C@@H]4CC[C@H](C)N(C(=O)C5(C)COC5)C4)=C4C=NC=C[N+]34N)cc2)c1. The number of aliphatic imine (C=N–C) groups is 2. The highest BCUT2D eigenvalue weighted by molar-refractivity contribution is 6.05. The maximum atomic E-state index is 13.4. The number of aromatic nitrogens is 1. The van der Waals surface area contributed by atoms with Gasteiger partial charge in [-0.05, 0) is 63.9 Å². The van der Waals surface area contributed by atoms with Crippen molar-refractivity contribution in [2.45, 2.75) is 39.7 Å². The molecular formula is C31H36N7O4+. The number of nitrogens with one attached hydrogen (secondary N) is 1. The summed E-state index contributed by atoms with van der Waals surface area (Å²) in [6, 6.07) is 10.8. The van der Waals surface area contributed by atoms with Gasteiger partial charge in [-0.15, -0.1) is 4.59 Å². The van der Waals surface area contributed by atoms with Gasteiger partial charge in [0.15, 0.2) is 0 Å². The third-order valence-electron chi connectivity index (χ3n) is 8.40. The molecule has 0 spiro atoms. The van der Waals surface area contributed by atoms with Crippen LogP contribution in [-0.4, -0.2) is 70.7 Å². The molecule has 11 nitrogen and oxygen atoms in total. The molecule has 1 aromatic carbocycles. The second kappa shape index (κ2) is 10.9. The smallest absolute Gasteiger partial charge is 0.264 e. The molecule has 4 aliphatic heterocycles. The molecule has 1 aromatic heterocycles. The fourth-order valence-electron chi connectivity index (χ4n) is 5.89. The number of amidine groups is 1. The van der Waals surface area contributed by atoms with Gasteiger partial charge in [-0.3, -0.25) is 14.6 Å². The molecule has 0 aliphatic carbocycles. The lowest BCUT2D eigenvalue weighted by atomic mass is 9.83. The number of quaternary nitrogens is 1. The van der Waals surface area contributed by atoms with E-state index in [4.69, 9.17) is 20.3 Å². The van der Waals surface area contributed by atoms with E-state index in [0.29, 0.717) is 49.3 Å². The highest BCUT2D eigenvalue weighted by atomic mass is 16.5. The second-order valence-electron chi connectivity index (χ2n) is 11.5. The summed E-state index contributed by atoms with van der Waals surface area (Å²) < 4.78 is 10.7. The van der Waals surface area contributed by atoms with E-state index in [-0.39, 0.29) is 28.4 Å². The minimum atomic E-state index is -0.461. The lowest BCUT2D eigenvalue weighted by Gasteiger charge is -2.45. The quantitative estimate of drug-likeness (QED) is 0.386. The van der Waals surface area contributed by atoms with Gasteiger partial charge in [0, 0.05) is 36.3 Å². The fourth-order valence-corrected chi connectivity index (χ4v) is 5.89. The third kappa shape index (κ3) is 4.93. The van der Waals surface area contributed by atoms with Crippen LogP contribution in [0.5, 0.6) is 5.75 Å². The van der Waals surface area contributed by atoms with E-state index in [9.17, 15) is 9.59 Å². The van der Waals surface area contributed by atoms with E-state index in [1.807, 2.05) is 30.9 Å². The Labute approximate surface area is 245 Å². The molecule has 5 heterocycles. The Kier molecular flexibility index (Phi) is 7.25. The van der Waals surface area contributed by atoms with Gasteiger partial charge in [0.25, 0.3) is 11.7 Å². The summed E-state index contributed by atoms with van der Waals surface area (Å²) in [5.74, 6) is 8.52. The van der Waals surface area contributed by atoms with Crippen LogP contribution in [0.25, 0.3) is 0 Å². The van der Waals surface area contributed by atoms with Crippen LogP contribution in [0.2, 0.25) is 0 Å². The van der Waals surface area contributed by atoms with Gasteiger partial charge in [0.05, 0.1) is 43.2 Å². The molecule has 0 bridgehead atoms. The number of benzene rings is 1. The predicted octanol–water partition coefficient (Wildman–Crippen LogP) is 3.61. The average Bonchev–Trinajstić information content (AvgIpc) is 3.29. The fraction of sp³-hybridized carbons (Fsp3) is 0.387. The summed E-state index contributed by atoms with van der Waals surface area (Å²) in [4.78, 5) is 42.0. The third-order valence-corrected chi connectivity index (χ3v) is 8.40. The summed E-state index contributed by atoms with van der Waals surface area (Å²) in [7, 11) is 0. The van der Waals surface area contributed by atoms with Gasteiger partial charge in [0.2, 0.25) is 11.6 Å². The first-order valence-electron chi connectivity index (χ1n) is 14.3. The van der Waals surface area contributed by atoms with Crippen molar-refractivity contribution >= 4 is 29.7 Å². The molecule has 3 atom stereocenters. The molecule has 6 rings (SSSR count). The van der Waals surface area contributed by atoms with Crippen molar-refractivity contribution in [1.82, 2.24) is 9.88 Å². The minimum Gasteiger partial charge on any atom is -0.494 e. The van der Waals surface area contributed by atoms with E-state index >= 15 is 0 Å². The Bertz CT molecular complexity index is 1530. The molecular weight excluding hydrogens is 534 g/mol. The average molecular weight is 571 g/mol. The number of carbonyl (C=O) groups excluding carboxylic acids is 2. The first-order valence-corrected chi connectivity index (χ1v) is 14.3. The monoisotopic (exact) mass is 570 g/mol. The number of piperidine rings is 1. The maximum absolute atomic E-state index is 13.4. The van der Waals surface area contributed by atoms with E-state index in [1.54, 1.807) is 49.1 Å². The van der Waals surface area contributed by atoms with Crippen LogP contribution >= 0.6 is 0 Å². The number of hydrogen-bond donors (Lipinski definition) is 2. The van der Waals surface area contributed by atoms with Gasteiger partial charge >= 0.3 is 0 Å². The molecule has 1 unspecified atom stereocenters. The van der Waals surface area contributed by atoms with Crippen LogP contribution < -0.4 is 15.9 Å². The standard InChI is InChI=1S/C31H35N7O4/c1-4-42-24-11-12-34-26(15-24)35-29(39)22-9-7-21(8-10-22)28-36-27(25-16-33-13-14-38(25,28)32)23-6-5-20(2)37(17-23)30(40)31(3)18-41-19-31/h7-16,20,23H,4-6,17-19,32H2,1-3H3/p+1/t20-,23+,38?/m0/s1. The van der Waals surface area contributed by atoms with E-state index in [1.165, 1.54) is 0 Å². The zero-order valence-electron chi connectivity index (χ0n) is 24.1. The number of nitrogens with two attached hydrogens (primary N) is 1. The molecule has 2 saturated heterocycles. The van der Waals surface area contributed by atoms with Crippen molar-refractivity contribution in [3.63, 3.8) is 0 Å². The Morgan fingerprint density at radius 3 is 2.71 bits per heavy atom. The van der Waals surface area contributed by atoms with Crippen LogP contribution in [0.3, 0.4) is 0 Å². The zero-order valence-corrected chi connectivity index (χ0v) is 24.1. The first kappa shape index (κ1) is 28.0. The van der Waals surface area contributed by atoms with E-state index in [0.717, 1.165) is 29.8 Å². The second-order valence-corrected chi connectivity index (χ2v) is 11.5. The van der Waals surface area contributed by atoms with Gasteiger partial charge in [-0.25, -0.2) is 4.98 Å². The number of allylic oxidation sites excluding steroid dienone is 1. The van der Waals surface area contributed by atoms with Crippen molar-refractivity contribution < 1.29 is 23.7 Å². The molecule has 2 fully saturated rings. The zero-order chi connectivity index (χ0) is 29.5. The van der Waals surface area contributed by atoms with Crippen molar-refractivity contribution in [2.24, 2.45) is 27.2 Å². The van der Waals surface area contributed by atoms with Crippen LogP contribution in [-0.2, 0) is 9.53 Å². The molecule has 2 amide bonds. The van der Waals surface area contributed by atoms with E-state index in [2.05, 4.69) is 22.2 Å². The van der Waals surface area contributed by atoms with Crippen LogP contribution in [0.15, 0.2) is 76.4 Å². The lowest BCUT2D eigenvalue weighted by Crippen LogP contribution is -2.57. The summed E-state index contributed by atoms with van der Waals surface area (Å²) in [6.07, 6.45) is 8.60. The van der Waals surface area contributed by atoms with E-state index < -0.39 is 5.41 Å². The van der Waals surface area contributed by atoms with Crippen molar-refractivity contribution in [3.05, 3.63) is 77.5 Å². The Morgan fingerprint density at radius 1 is 1.21 bits per heavy atom. The van der Waals surface area contributed by atoms with Crippen molar-refractivity contribution in [1.29, 1.82) is 0 Å². The van der Waals surface area contributed by atoms with Crippen molar-refractivity contribution in [3.8, 4) is 5.75 Å². The number of pyridine rings is 1. The Morgan fingerprint density at radius 2 is 2.00 bits per heavy atom. The molecule has 3 N–H and O–H groups in total. The number of likely N-dealkylation sites (tertiary alicyclic amines) is 1. The summed E-state index contributed by atoms with van der Waals surface area (Å²) in [6.45, 7) is 7.99. The maximum Gasteiger partial charge on any atom is 0.264 e. The van der Waals surface area contributed by atoms with Gasteiger partial charge < -0.3 is 19.7 Å². The number of rotatable bonds is 7. The summed E-state index contributed by atoms with van der Waals surface area (Å²) in [5, 5.41) is 2.82. The molecule has 0 radical (unpaired) electrons. The topological polar surface area (TPSA) is 132 Å². The highest BCUT2D eigenvalue weighted by Crippen LogP contribution is 2.40. The number of anilines is 1. The van der Waals surface area contributed by atoms with Gasteiger partial charge in [-0.2, -0.15) is 10.8 Å². The number of hydrogen-bond acceptors (Lipinski definition) is 8. The molecule has 218 valence electrons. The largest absolute Gasteiger partial charge is 0.494 e. The van der Waals surface area contributed by atoms with Crippen molar-refractivity contribution in [2.75, 3.05) is 31.7 Å². The number of ether oxygens (including phenoxy) is 2. The van der Waals surface area contributed by atoms with Crippen LogP contribution in [0, 0.1) is 11.3 Å². The normalized spacial score (nSPS) is 25.9. The highest BCUT2D eigenvalue weighted by Gasteiger charge is 2.49.